The van der Waals surface area contributed by atoms with Gasteiger partial charge in [0.05, 0.1) is 31.0 Å². The van der Waals surface area contributed by atoms with E-state index in [-0.39, 0.29) is 0 Å². The van der Waals surface area contributed by atoms with Gasteiger partial charge in [0.15, 0.2) is 0 Å². The molecule has 0 aliphatic rings. The summed E-state index contributed by atoms with van der Waals surface area (Å²) in [7, 11) is 2.64. The molecule has 2 aromatic rings. The van der Waals surface area contributed by atoms with Gasteiger partial charge in [0, 0.05) is 18.7 Å². The predicted molar refractivity (Wildman–Crippen MR) is 102 cm³/mol. The maximum absolute atomic E-state index is 12.2. The van der Waals surface area contributed by atoms with Crippen LogP contribution in [0, 0.1) is 0 Å². The predicted octanol–water partition coefficient (Wildman–Crippen LogP) is 4.27. The first-order valence-electron chi connectivity index (χ1n) is 8.62. The Labute approximate surface area is 158 Å². The highest BCUT2D eigenvalue weighted by Crippen LogP contribution is 2.34. The minimum atomic E-state index is -0.473. The molecule has 0 saturated heterocycles. The highest BCUT2D eigenvalue weighted by molar-refractivity contribution is 6.00. The third kappa shape index (κ3) is 4.69. The van der Waals surface area contributed by atoms with E-state index >= 15 is 0 Å². The molecule has 0 fully saturated rings. The van der Waals surface area contributed by atoms with Gasteiger partial charge in [-0.3, -0.25) is 5.01 Å². The lowest BCUT2D eigenvalue weighted by Crippen LogP contribution is -2.14. The Balaban J connectivity index is 2.64. The highest BCUT2D eigenvalue weighted by atomic mass is 16.5. The first-order valence-corrected chi connectivity index (χ1v) is 8.62. The summed E-state index contributed by atoms with van der Waals surface area (Å²) in [5, 5.41) is 10.4. The molecule has 2 rings (SSSR count). The first-order chi connectivity index (χ1) is 13.0. The molecule has 0 aliphatic heterocycles. The lowest BCUT2D eigenvalue weighted by atomic mass is 9.96. The monoisotopic (exact) mass is 369 g/mol. The van der Waals surface area contributed by atoms with Crippen LogP contribution >= 0.6 is 0 Å². The van der Waals surface area contributed by atoms with Crippen LogP contribution in [0.2, 0.25) is 0 Å². The van der Waals surface area contributed by atoms with Crippen molar-refractivity contribution in [2.75, 3.05) is 27.3 Å². The Bertz CT molecular complexity index is 845. The zero-order chi connectivity index (χ0) is 19.8. The molecule has 0 aliphatic carbocycles. The number of ether oxygens (including phenoxy) is 2. The Morgan fingerprint density at radius 1 is 0.926 bits per heavy atom. The van der Waals surface area contributed by atoms with Crippen LogP contribution in [-0.4, -0.2) is 44.3 Å². The summed E-state index contributed by atoms with van der Waals surface area (Å²) in [6.07, 6.45) is 0. The number of rotatable bonds is 7. The van der Waals surface area contributed by atoms with Gasteiger partial charge in [0.2, 0.25) is 0 Å². The maximum atomic E-state index is 12.2. The molecule has 0 radical (unpaired) electrons. The Morgan fingerprint density at radius 2 is 1.59 bits per heavy atom. The zero-order valence-electron chi connectivity index (χ0n) is 15.9. The fourth-order valence-electron chi connectivity index (χ4n) is 2.55. The van der Waals surface area contributed by atoms with E-state index in [1.54, 1.807) is 47.5 Å². The van der Waals surface area contributed by atoms with E-state index < -0.39 is 11.9 Å². The average molecular weight is 369 g/mol. The lowest BCUT2D eigenvalue weighted by molar-refractivity contribution is 0.0593. The topological polar surface area (TPSA) is 80.6 Å². The van der Waals surface area contributed by atoms with Crippen molar-refractivity contribution < 1.29 is 19.1 Å². The molecule has 0 unspecified atom stereocenters. The molecule has 27 heavy (non-hydrogen) atoms. The SMILES string of the molecule is CCN(CC)N=Nc1ccc(C(=O)OC)cc1-c1ccccc1C(=O)OC. The minimum Gasteiger partial charge on any atom is -0.465 e. The van der Waals surface area contributed by atoms with E-state index in [2.05, 4.69) is 10.3 Å². The number of carbonyl (C=O) groups is 2. The quantitative estimate of drug-likeness (QED) is 0.414. The molecule has 0 amide bonds. The molecule has 0 spiro atoms. The maximum Gasteiger partial charge on any atom is 0.338 e. The largest absolute Gasteiger partial charge is 0.465 e. The molecule has 142 valence electrons. The van der Waals surface area contributed by atoms with Crippen molar-refractivity contribution in [3.63, 3.8) is 0 Å². The molecule has 0 atom stereocenters. The summed E-state index contributed by atoms with van der Waals surface area (Å²) in [4.78, 5) is 24.1. The fourth-order valence-corrected chi connectivity index (χ4v) is 2.55. The second-order valence-electron chi connectivity index (χ2n) is 5.59. The fraction of sp³-hybridized carbons (Fsp3) is 0.300. The van der Waals surface area contributed by atoms with Crippen LogP contribution in [0.3, 0.4) is 0 Å². The number of methoxy groups -OCH3 is 2. The molecular formula is C20H23N3O4. The number of hydrogen-bond acceptors (Lipinski definition) is 6. The van der Waals surface area contributed by atoms with Crippen molar-refractivity contribution in [3.05, 3.63) is 53.6 Å². The van der Waals surface area contributed by atoms with Gasteiger partial charge >= 0.3 is 11.9 Å². The van der Waals surface area contributed by atoms with E-state index in [9.17, 15) is 9.59 Å². The van der Waals surface area contributed by atoms with Crippen molar-refractivity contribution in [2.24, 2.45) is 10.3 Å². The highest BCUT2D eigenvalue weighted by Gasteiger charge is 2.18. The number of hydrogen-bond donors (Lipinski definition) is 0. The summed E-state index contributed by atoms with van der Waals surface area (Å²) >= 11 is 0. The van der Waals surface area contributed by atoms with Crippen molar-refractivity contribution >= 4 is 17.6 Å². The van der Waals surface area contributed by atoms with Gasteiger partial charge in [-0.05, 0) is 43.7 Å². The van der Waals surface area contributed by atoms with Crippen molar-refractivity contribution in [2.45, 2.75) is 13.8 Å². The number of carbonyl (C=O) groups excluding carboxylic acids is 2. The minimum absolute atomic E-state index is 0.356. The van der Waals surface area contributed by atoms with Gasteiger partial charge in [-0.25, -0.2) is 9.59 Å². The first kappa shape index (κ1) is 20.1. The molecular weight excluding hydrogens is 346 g/mol. The van der Waals surface area contributed by atoms with Crippen molar-refractivity contribution in [1.29, 1.82) is 0 Å². The van der Waals surface area contributed by atoms with Crippen LogP contribution in [0.25, 0.3) is 11.1 Å². The van der Waals surface area contributed by atoms with Gasteiger partial charge in [-0.15, -0.1) is 5.11 Å². The van der Waals surface area contributed by atoms with E-state index in [4.69, 9.17) is 9.47 Å². The molecule has 7 nitrogen and oxygen atoms in total. The van der Waals surface area contributed by atoms with E-state index in [0.29, 0.717) is 41.0 Å². The van der Waals surface area contributed by atoms with Crippen LogP contribution in [0.1, 0.15) is 34.6 Å². The van der Waals surface area contributed by atoms with Gasteiger partial charge in [-0.1, -0.05) is 23.4 Å². The molecule has 0 saturated carbocycles. The second-order valence-corrected chi connectivity index (χ2v) is 5.59. The Hall–Kier alpha value is -3.22. The molecule has 0 N–H and O–H groups in total. The van der Waals surface area contributed by atoms with E-state index in [1.165, 1.54) is 14.2 Å². The van der Waals surface area contributed by atoms with Gasteiger partial charge < -0.3 is 9.47 Å². The molecule has 7 heteroatoms. The standard InChI is InChI=1S/C20H23N3O4/c1-5-23(6-2)22-21-18-12-11-14(19(24)26-3)13-17(18)15-9-7-8-10-16(15)20(25)27-4/h7-13H,5-6H2,1-4H3. The number of nitrogens with zero attached hydrogens (tertiary/aromatic N) is 3. The van der Waals surface area contributed by atoms with Crippen molar-refractivity contribution in [3.8, 4) is 11.1 Å². The normalized spacial score (nSPS) is 10.7. The number of esters is 2. The number of benzene rings is 2. The summed E-state index contributed by atoms with van der Waals surface area (Å²) in [6, 6.07) is 11.9. The van der Waals surface area contributed by atoms with Crippen LogP contribution in [0.15, 0.2) is 52.8 Å². The van der Waals surface area contributed by atoms with Crippen LogP contribution < -0.4 is 0 Å². The zero-order valence-corrected chi connectivity index (χ0v) is 15.9. The van der Waals surface area contributed by atoms with Crippen LogP contribution in [-0.2, 0) is 9.47 Å². The molecule has 0 aromatic heterocycles. The van der Waals surface area contributed by atoms with Gasteiger partial charge in [0.1, 0.15) is 0 Å². The van der Waals surface area contributed by atoms with Gasteiger partial charge in [0.25, 0.3) is 0 Å². The average Bonchev–Trinajstić information content (AvgIpc) is 2.73. The van der Waals surface area contributed by atoms with Crippen molar-refractivity contribution in [1.82, 2.24) is 5.01 Å². The smallest absolute Gasteiger partial charge is 0.338 e. The second kappa shape index (κ2) is 9.47. The molecule has 0 heterocycles. The van der Waals surface area contributed by atoms with Gasteiger partial charge in [-0.2, -0.15) is 0 Å². The Kier molecular flexibility index (Phi) is 7.05. The molecule has 0 bridgehead atoms. The summed E-state index contributed by atoms with van der Waals surface area (Å²) < 4.78 is 9.68. The summed E-state index contributed by atoms with van der Waals surface area (Å²) in [5.74, 6) is -0.945. The third-order valence-electron chi connectivity index (χ3n) is 4.05. The van der Waals surface area contributed by atoms with E-state index in [0.717, 1.165) is 0 Å². The third-order valence-corrected chi connectivity index (χ3v) is 4.05. The summed E-state index contributed by atoms with van der Waals surface area (Å²) in [5.41, 5.74) is 2.46. The van der Waals surface area contributed by atoms with E-state index in [1.807, 2.05) is 13.8 Å². The summed E-state index contributed by atoms with van der Waals surface area (Å²) in [6.45, 7) is 5.40. The van der Waals surface area contributed by atoms with Crippen LogP contribution in [0.5, 0.6) is 0 Å². The lowest BCUT2D eigenvalue weighted by Gasteiger charge is -2.14. The van der Waals surface area contributed by atoms with Crippen LogP contribution in [0.4, 0.5) is 5.69 Å². The molecule has 2 aromatic carbocycles. The Morgan fingerprint density at radius 3 is 2.22 bits per heavy atom.